The topological polar surface area (TPSA) is 152 Å². The van der Waals surface area contributed by atoms with Gasteiger partial charge < -0.3 is 48.1 Å². The van der Waals surface area contributed by atoms with Gasteiger partial charge in [0, 0.05) is 91.4 Å². The molecule has 4 rings (SSSR count). The Hall–Kier alpha value is -5.02. The maximum atomic E-state index is 13.7. The van der Waals surface area contributed by atoms with E-state index in [-0.39, 0.29) is 35.6 Å². The molecule has 0 aliphatic heterocycles. The summed E-state index contributed by atoms with van der Waals surface area (Å²) in [7, 11) is 7.43. The quantitative estimate of drug-likeness (QED) is 0.0247. The first-order valence-electron chi connectivity index (χ1n) is 35.2. The van der Waals surface area contributed by atoms with Crippen molar-refractivity contribution in [2.75, 3.05) is 107 Å². The summed E-state index contributed by atoms with van der Waals surface area (Å²) in [5.74, 6) is 0.240. The van der Waals surface area contributed by atoms with Crippen LogP contribution in [0.3, 0.4) is 0 Å². The Morgan fingerprint density at radius 1 is 0.429 bits per heavy atom. The Morgan fingerprint density at radius 3 is 1.03 bits per heavy atom. The molecule has 0 bridgehead atoms. The van der Waals surface area contributed by atoms with E-state index in [1.54, 1.807) is 25.4 Å². The fraction of sp³-hybridized carbons (Fsp3) is 0.714. The number of nitrogens with zero attached hydrogens (tertiary/aromatic N) is 4. The van der Waals surface area contributed by atoms with E-state index in [9.17, 15) is 28.8 Å². The normalized spacial score (nSPS) is 17.8. The van der Waals surface area contributed by atoms with Gasteiger partial charge in [-0.2, -0.15) is 0 Å². The SMILES string of the molecule is CC(C)=CCCC1=CCC(C=O)CC1.CC(C)=CCCC1=CCC(C=O)CC1.COCCCN(CCCOC(=O)C1CC=C(CCC=C(C)C)CC1)C(=O)CCN(CCCN(C)C)CCC(=O)N(CCCOC)CCCOC(=O)C1CC=C(CCC=C(C)C)CC1. The van der Waals surface area contributed by atoms with Crippen molar-refractivity contribution in [3.05, 3.63) is 93.2 Å². The van der Waals surface area contributed by atoms with Gasteiger partial charge in [0.15, 0.2) is 0 Å². The molecule has 0 spiro atoms. The van der Waals surface area contributed by atoms with E-state index >= 15 is 0 Å². The van der Waals surface area contributed by atoms with Crippen LogP contribution in [0.25, 0.3) is 0 Å². The number of rotatable bonds is 42. The molecule has 0 N–H and O–H groups in total. The van der Waals surface area contributed by atoms with Crippen LogP contribution in [0.4, 0.5) is 0 Å². The predicted octanol–water partition coefficient (Wildman–Crippen LogP) is 15.9. The van der Waals surface area contributed by atoms with Crippen molar-refractivity contribution in [1.82, 2.24) is 19.6 Å². The first-order valence-corrected chi connectivity index (χ1v) is 35.2. The van der Waals surface area contributed by atoms with Crippen LogP contribution in [-0.2, 0) is 47.7 Å². The number of hydrogen-bond donors (Lipinski definition) is 0. The fourth-order valence-electron chi connectivity index (χ4n) is 11.7. The lowest BCUT2D eigenvalue weighted by Crippen LogP contribution is -2.39. The minimum absolute atomic E-state index is 0.0549. The Labute approximate surface area is 553 Å². The van der Waals surface area contributed by atoms with Crippen LogP contribution < -0.4 is 0 Å². The van der Waals surface area contributed by atoms with Gasteiger partial charge in [-0.05, 0) is 243 Å². The number of carbonyl (C=O) groups excluding carboxylic acids is 6. The van der Waals surface area contributed by atoms with Gasteiger partial charge in [0.25, 0.3) is 0 Å². The van der Waals surface area contributed by atoms with Crippen LogP contribution in [0, 0.1) is 23.7 Å². The Kier molecular flexibility index (Phi) is 46.4. The van der Waals surface area contributed by atoms with E-state index in [2.05, 4.69) is 114 Å². The molecule has 14 nitrogen and oxygen atoms in total. The van der Waals surface area contributed by atoms with Crippen LogP contribution in [0.5, 0.6) is 0 Å². The second kappa shape index (κ2) is 51.4. The Bertz CT molecular complexity index is 2190. The molecule has 14 heteroatoms. The number of carbonyl (C=O) groups is 6. The number of amides is 2. The van der Waals surface area contributed by atoms with Crippen molar-refractivity contribution in [3.63, 3.8) is 0 Å². The number of esters is 2. The van der Waals surface area contributed by atoms with Crippen molar-refractivity contribution in [1.29, 1.82) is 0 Å². The Morgan fingerprint density at radius 2 is 0.758 bits per heavy atom. The van der Waals surface area contributed by atoms with Crippen LogP contribution in [0.1, 0.15) is 229 Å². The van der Waals surface area contributed by atoms with E-state index in [4.69, 9.17) is 18.9 Å². The summed E-state index contributed by atoms with van der Waals surface area (Å²) in [6, 6.07) is 0. The minimum atomic E-state index is -0.136. The summed E-state index contributed by atoms with van der Waals surface area (Å²) < 4.78 is 22.0. The molecular weight excluding hydrogens is 1140 g/mol. The van der Waals surface area contributed by atoms with E-state index in [0.29, 0.717) is 103 Å². The molecule has 91 heavy (non-hydrogen) atoms. The molecule has 516 valence electrons. The maximum absolute atomic E-state index is 13.7. The second-order valence-corrected chi connectivity index (χ2v) is 27.0. The van der Waals surface area contributed by atoms with Crippen LogP contribution >= 0.6 is 0 Å². The van der Waals surface area contributed by atoms with Gasteiger partial charge in [-0.15, -0.1) is 0 Å². The zero-order valence-corrected chi connectivity index (χ0v) is 59.5. The molecule has 0 aromatic rings. The van der Waals surface area contributed by atoms with Crippen molar-refractivity contribution in [2.24, 2.45) is 23.7 Å². The van der Waals surface area contributed by atoms with Crippen molar-refractivity contribution in [3.8, 4) is 0 Å². The van der Waals surface area contributed by atoms with Gasteiger partial charge in [0.2, 0.25) is 11.8 Å². The number of allylic oxidation sites excluding steroid dienone is 16. The predicted molar refractivity (Wildman–Crippen MR) is 375 cm³/mol. The number of ether oxygens (including phenoxy) is 4. The third-order valence-corrected chi connectivity index (χ3v) is 17.5. The van der Waals surface area contributed by atoms with Gasteiger partial charge in [0.05, 0.1) is 25.0 Å². The van der Waals surface area contributed by atoms with Crippen LogP contribution in [-0.4, -0.2) is 163 Å². The standard InChI is InChI=1S/C51H88N4O8.2C13H20O/c1-42(2)16-9-18-44-20-24-46(25-21-44)50(58)62-40-14-34-54(32-12-38-60-7)48(56)28-36-53(31-11-30-52(5)6)37-29-49(57)55(33-13-39-61-8)35-15-41-63-51(59)47-26-22-45(23-27-47)19-10-17-43(3)4;2*1-11(2)4-3-5-12-6-8-13(10-14)9-7-12/h16-17,20,22,46-47H,9-15,18-19,21,23-41H2,1-8H3;2*4,6,10,13H,3,5,7-9H2,1-2H3. The van der Waals surface area contributed by atoms with E-state index in [1.165, 1.54) is 46.3 Å². The third kappa shape index (κ3) is 41.3. The average molecular weight is 1270 g/mol. The van der Waals surface area contributed by atoms with Crippen molar-refractivity contribution < 1.29 is 47.7 Å². The molecule has 0 saturated heterocycles. The van der Waals surface area contributed by atoms with E-state index in [1.807, 2.05) is 23.9 Å². The highest BCUT2D eigenvalue weighted by molar-refractivity contribution is 5.77. The minimum Gasteiger partial charge on any atom is -0.465 e. The number of hydrogen-bond acceptors (Lipinski definition) is 12. The average Bonchev–Trinajstić information content (AvgIpc) is 3.63. The van der Waals surface area contributed by atoms with Gasteiger partial charge in [0.1, 0.15) is 12.6 Å². The molecule has 0 radical (unpaired) electrons. The van der Waals surface area contributed by atoms with Crippen LogP contribution in [0.15, 0.2) is 93.2 Å². The zero-order chi connectivity index (χ0) is 67.0. The largest absolute Gasteiger partial charge is 0.465 e. The molecule has 0 saturated carbocycles. The van der Waals surface area contributed by atoms with Gasteiger partial charge in [-0.3, -0.25) is 19.2 Å². The number of methoxy groups -OCH3 is 2. The summed E-state index contributed by atoms with van der Waals surface area (Å²) in [5, 5.41) is 0. The molecule has 4 aliphatic rings. The van der Waals surface area contributed by atoms with Gasteiger partial charge in [-0.25, -0.2) is 0 Å². The summed E-state index contributed by atoms with van der Waals surface area (Å²) >= 11 is 0. The van der Waals surface area contributed by atoms with E-state index < -0.39 is 0 Å². The smallest absolute Gasteiger partial charge is 0.309 e. The molecule has 0 heterocycles. The first-order chi connectivity index (χ1) is 43.8. The summed E-state index contributed by atoms with van der Waals surface area (Å²) in [6.07, 6.45) is 44.7. The Balaban J connectivity index is 0.000000812. The first kappa shape index (κ1) is 82.1. The molecule has 2 amide bonds. The van der Waals surface area contributed by atoms with E-state index in [0.717, 1.165) is 160 Å². The maximum Gasteiger partial charge on any atom is 0.309 e. The lowest BCUT2D eigenvalue weighted by molar-refractivity contribution is -0.150. The van der Waals surface area contributed by atoms with Gasteiger partial charge in [-0.1, -0.05) is 93.2 Å². The monoisotopic (exact) mass is 1270 g/mol. The summed E-state index contributed by atoms with van der Waals surface area (Å²) in [4.78, 5) is 82.4. The molecule has 0 aromatic carbocycles. The molecule has 4 aliphatic carbocycles. The highest BCUT2D eigenvalue weighted by Gasteiger charge is 2.25. The third-order valence-electron chi connectivity index (χ3n) is 17.5. The summed E-state index contributed by atoms with van der Waals surface area (Å²) in [6.45, 7) is 23.7. The highest BCUT2D eigenvalue weighted by Crippen LogP contribution is 2.30. The lowest BCUT2D eigenvalue weighted by atomic mass is 9.88. The van der Waals surface area contributed by atoms with Gasteiger partial charge >= 0.3 is 11.9 Å². The molecule has 4 unspecified atom stereocenters. The second-order valence-electron chi connectivity index (χ2n) is 27.0. The molecule has 0 aromatic heterocycles. The summed E-state index contributed by atoms with van der Waals surface area (Å²) in [5.41, 5.74) is 11.4. The van der Waals surface area contributed by atoms with Crippen molar-refractivity contribution >= 4 is 36.3 Å². The fourth-order valence-corrected chi connectivity index (χ4v) is 11.7. The zero-order valence-electron chi connectivity index (χ0n) is 59.5. The number of aldehydes is 2. The molecule has 4 atom stereocenters. The molecular formula is C77H128N4O10. The van der Waals surface area contributed by atoms with Crippen molar-refractivity contribution in [2.45, 2.75) is 229 Å². The molecule has 0 fully saturated rings. The van der Waals surface area contributed by atoms with Crippen LogP contribution in [0.2, 0.25) is 0 Å². The lowest BCUT2D eigenvalue weighted by Gasteiger charge is -2.28. The highest BCUT2D eigenvalue weighted by atomic mass is 16.5.